The molecule has 0 radical (unpaired) electrons. The Balaban J connectivity index is 2.78. The van der Waals surface area contributed by atoms with Crippen LogP contribution in [-0.2, 0) is 14.4 Å². The van der Waals surface area contributed by atoms with Gasteiger partial charge in [-0.3, -0.25) is 14.4 Å². The van der Waals surface area contributed by atoms with Crippen molar-refractivity contribution in [3.63, 3.8) is 0 Å². The molecule has 6 heteroatoms. The SMILES string of the molecule is CC(=O)NC(C(=O)N1CCCCC1CCC(=O)O)C(C)C. The first-order valence-corrected chi connectivity index (χ1v) is 7.62. The summed E-state index contributed by atoms with van der Waals surface area (Å²) >= 11 is 0. The molecule has 0 aromatic carbocycles. The first-order chi connectivity index (χ1) is 9.82. The molecule has 0 bridgehead atoms. The fraction of sp³-hybridized carbons (Fsp3) is 0.800. The Morgan fingerprint density at radius 2 is 1.95 bits per heavy atom. The van der Waals surface area contributed by atoms with E-state index in [-0.39, 0.29) is 30.2 Å². The van der Waals surface area contributed by atoms with Crippen molar-refractivity contribution in [2.75, 3.05) is 6.54 Å². The van der Waals surface area contributed by atoms with Gasteiger partial charge in [-0.15, -0.1) is 0 Å². The Morgan fingerprint density at radius 3 is 2.48 bits per heavy atom. The summed E-state index contributed by atoms with van der Waals surface area (Å²) in [6.45, 7) is 5.84. The third-order valence-electron chi connectivity index (χ3n) is 3.89. The van der Waals surface area contributed by atoms with E-state index < -0.39 is 12.0 Å². The zero-order valence-corrected chi connectivity index (χ0v) is 13.1. The molecule has 0 aromatic heterocycles. The fourth-order valence-electron chi connectivity index (χ4n) is 2.79. The standard InChI is InChI=1S/C15H26N2O4/c1-10(2)14(16-11(3)18)15(21)17-9-5-4-6-12(17)7-8-13(19)20/h10,12,14H,4-9H2,1-3H3,(H,16,18)(H,19,20). The Kier molecular flexibility index (Phi) is 6.65. The maximum absolute atomic E-state index is 12.7. The van der Waals surface area contributed by atoms with Gasteiger partial charge >= 0.3 is 5.97 Å². The summed E-state index contributed by atoms with van der Waals surface area (Å²) in [5.74, 6) is -1.14. The molecule has 2 atom stereocenters. The second-order valence-corrected chi connectivity index (χ2v) is 6.04. The zero-order valence-electron chi connectivity index (χ0n) is 13.1. The van der Waals surface area contributed by atoms with Crippen LogP contribution in [0.2, 0.25) is 0 Å². The summed E-state index contributed by atoms with van der Waals surface area (Å²) in [7, 11) is 0. The molecule has 0 aliphatic carbocycles. The molecule has 1 rings (SSSR count). The van der Waals surface area contributed by atoms with Crippen LogP contribution in [0.15, 0.2) is 0 Å². The van der Waals surface area contributed by atoms with Crippen LogP contribution < -0.4 is 5.32 Å². The van der Waals surface area contributed by atoms with E-state index >= 15 is 0 Å². The molecule has 0 aromatic rings. The van der Waals surface area contributed by atoms with Gasteiger partial charge in [0.05, 0.1) is 0 Å². The number of carbonyl (C=O) groups excluding carboxylic acids is 2. The van der Waals surface area contributed by atoms with Gasteiger partial charge in [0.25, 0.3) is 0 Å². The van der Waals surface area contributed by atoms with E-state index in [1.165, 1.54) is 6.92 Å². The number of hydrogen-bond acceptors (Lipinski definition) is 3. The van der Waals surface area contributed by atoms with Gasteiger partial charge in [0.2, 0.25) is 11.8 Å². The number of carboxylic acids is 1. The second-order valence-electron chi connectivity index (χ2n) is 6.04. The minimum atomic E-state index is -0.838. The van der Waals surface area contributed by atoms with Crippen molar-refractivity contribution in [2.45, 2.75) is 65.0 Å². The summed E-state index contributed by atoms with van der Waals surface area (Å²) < 4.78 is 0. The van der Waals surface area contributed by atoms with Gasteiger partial charge in [-0.1, -0.05) is 13.8 Å². The number of rotatable bonds is 6. The number of carbonyl (C=O) groups is 3. The average Bonchev–Trinajstić information content (AvgIpc) is 2.41. The minimum Gasteiger partial charge on any atom is -0.481 e. The van der Waals surface area contributed by atoms with Gasteiger partial charge in [-0.25, -0.2) is 0 Å². The maximum atomic E-state index is 12.7. The molecule has 1 aliphatic heterocycles. The summed E-state index contributed by atoms with van der Waals surface area (Å²) in [4.78, 5) is 36.5. The fourth-order valence-corrected chi connectivity index (χ4v) is 2.79. The van der Waals surface area contributed by atoms with Crippen LogP contribution in [0.3, 0.4) is 0 Å². The minimum absolute atomic E-state index is 0.00319. The van der Waals surface area contributed by atoms with Crippen LogP contribution in [0, 0.1) is 5.92 Å². The maximum Gasteiger partial charge on any atom is 0.303 e. The van der Waals surface area contributed by atoms with Crippen LogP contribution in [0.1, 0.15) is 52.9 Å². The first-order valence-electron chi connectivity index (χ1n) is 7.62. The summed E-state index contributed by atoms with van der Waals surface area (Å²) in [6, 6.07) is -0.565. The largest absolute Gasteiger partial charge is 0.481 e. The van der Waals surface area contributed by atoms with Gasteiger partial charge in [0, 0.05) is 25.9 Å². The average molecular weight is 298 g/mol. The normalized spacial score (nSPS) is 20.2. The van der Waals surface area contributed by atoms with Crippen molar-refractivity contribution in [1.29, 1.82) is 0 Å². The van der Waals surface area contributed by atoms with E-state index in [0.717, 1.165) is 19.3 Å². The number of hydrogen-bond donors (Lipinski definition) is 2. The van der Waals surface area contributed by atoms with E-state index in [9.17, 15) is 14.4 Å². The van der Waals surface area contributed by atoms with Crippen molar-refractivity contribution >= 4 is 17.8 Å². The van der Waals surface area contributed by atoms with Gasteiger partial charge in [0.1, 0.15) is 6.04 Å². The molecule has 2 N–H and O–H groups in total. The molecule has 0 spiro atoms. The quantitative estimate of drug-likeness (QED) is 0.776. The lowest BCUT2D eigenvalue weighted by Crippen LogP contribution is -2.55. The molecule has 21 heavy (non-hydrogen) atoms. The van der Waals surface area contributed by atoms with E-state index in [2.05, 4.69) is 5.32 Å². The molecular formula is C15H26N2O4. The number of carboxylic acid groups (broad SMARTS) is 1. The highest BCUT2D eigenvalue weighted by molar-refractivity contribution is 5.87. The Morgan fingerprint density at radius 1 is 1.29 bits per heavy atom. The van der Waals surface area contributed by atoms with E-state index in [1.807, 2.05) is 13.8 Å². The molecule has 2 amide bonds. The Labute approximate surface area is 125 Å². The van der Waals surface area contributed by atoms with Gasteiger partial charge in [0.15, 0.2) is 0 Å². The Bertz CT molecular complexity index is 395. The molecule has 1 aliphatic rings. The van der Waals surface area contributed by atoms with Crippen molar-refractivity contribution in [3.8, 4) is 0 Å². The van der Waals surface area contributed by atoms with Crippen LogP contribution in [-0.4, -0.2) is 46.4 Å². The lowest BCUT2D eigenvalue weighted by Gasteiger charge is -2.38. The third kappa shape index (κ3) is 5.36. The predicted octanol–water partition coefficient (Wildman–Crippen LogP) is 1.39. The number of amides is 2. The van der Waals surface area contributed by atoms with E-state index in [4.69, 9.17) is 5.11 Å². The molecule has 1 fully saturated rings. The topological polar surface area (TPSA) is 86.7 Å². The third-order valence-corrected chi connectivity index (χ3v) is 3.89. The molecule has 1 saturated heterocycles. The molecular weight excluding hydrogens is 272 g/mol. The highest BCUT2D eigenvalue weighted by atomic mass is 16.4. The van der Waals surface area contributed by atoms with E-state index in [0.29, 0.717) is 13.0 Å². The van der Waals surface area contributed by atoms with Crippen LogP contribution in [0.4, 0.5) is 0 Å². The smallest absolute Gasteiger partial charge is 0.303 e. The zero-order chi connectivity index (χ0) is 16.0. The number of nitrogens with zero attached hydrogens (tertiary/aromatic N) is 1. The van der Waals surface area contributed by atoms with Crippen LogP contribution >= 0.6 is 0 Å². The molecule has 120 valence electrons. The lowest BCUT2D eigenvalue weighted by molar-refractivity contribution is -0.142. The van der Waals surface area contributed by atoms with Crippen molar-refractivity contribution in [1.82, 2.24) is 10.2 Å². The van der Waals surface area contributed by atoms with Crippen LogP contribution in [0.25, 0.3) is 0 Å². The summed E-state index contributed by atoms with van der Waals surface area (Å²) in [6.07, 6.45) is 3.33. The Hall–Kier alpha value is -1.59. The molecule has 1 heterocycles. The first kappa shape index (κ1) is 17.5. The number of likely N-dealkylation sites (tertiary alicyclic amines) is 1. The predicted molar refractivity (Wildman–Crippen MR) is 78.7 cm³/mol. The second kappa shape index (κ2) is 8.00. The van der Waals surface area contributed by atoms with Crippen molar-refractivity contribution < 1.29 is 19.5 Å². The highest BCUT2D eigenvalue weighted by Crippen LogP contribution is 2.23. The van der Waals surface area contributed by atoms with Gasteiger partial charge in [-0.2, -0.15) is 0 Å². The van der Waals surface area contributed by atoms with E-state index in [1.54, 1.807) is 4.90 Å². The monoisotopic (exact) mass is 298 g/mol. The van der Waals surface area contributed by atoms with Crippen molar-refractivity contribution in [2.24, 2.45) is 5.92 Å². The van der Waals surface area contributed by atoms with Gasteiger partial charge in [-0.05, 0) is 31.6 Å². The lowest BCUT2D eigenvalue weighted by atomic mass is 9.94. The van der Waals surface area contributed by atoms with Crippen molar-refractivity contribution in [3.05, 3.63) is 0 Å². The molecule has 0 saturated carbocycles. The number of nitrogens with one attached hydrogen (secondary N) is 1. The van der Waals surface area contributed by atoms with Crippen LogP contribution in [0.5, 0.6) is 0 Å². The molecule has 6 nitrogen and oxygen atoms in total. The summed E-state index contributed by atoms with van der Waals surface area (Å²) in [5.41, 5.74) is 0. The number of piperidine rings is 1. The highest BCUT2D eigenvalue weighted by Gasteiger charge is 2.33. The van der Waals surface area contributed by atoms with Gasteiger partial charge < -0.3 is 15.3 Å². The summed E-state index contributed by atoms with van der Waals surface area (Å²) in [5, 5.41) is 11.5. The molecule has 2 unspecified atom stereocenters. The number of aliphatic carboxylic acids is 1.